The van der Waals surface area contributed by atoms with Crippen molar-refractivity contribution in [3.8, 4) is 0 Å². The molecule has 0 rings (SSSR count). The third kappa shape index (κ3) is 8.73. The van der Waals surface area contributed by atoms with E-state index in [0.29, 0.717) is 6.42 Å². The maximum Gasteiger partial charge on any atom is 0.326 e. The predicted molar refractivity (Wildman–Crippen MR) is 98.0 cm³/mol. The molecular weight excluding hydrogens is 380 g/mol. The minimum atomic E-state index is -1.66. The average Bonchev–Trinajstić information content (AvgIpc) is 2.61. The molecule has 0 aliphatic carbocycles. The Morgan fingerprint density at radius 3 is 1.96 bits per heavy atom. The first-order valence-electron chi connectivity index (χ1n) is 8.22. The summed E-state index contributed by atoms with van der Waals surface area (Å²) in [6.45, 7) is 3.22. The maximum absolute atomic E-state index is 12.5. The fraction of sp³-hybridized carbons (Fsp3) is 0.667. The van der Waals surface area contributed by atoms with Crippen molar-refractivity contribution in [2.75, 3.05) is 12.3 Å². The third-order valence-electron chi connectivity index (χ3n) is 3.81. The molecule has 0 aromatic carbocycles. The van der Waals surface area contributed by atoms with Gasteiger partial charge in [-0.1, -0.05) is 20.3 Å². The number of carbonyl (C=O) groups excluding carboxylic acids is 3. The van der Waals surface area contributed by atoms with Crippen LogP contribution in [0.3, 0.4) is 0 Å². The molecule has 11 nitrogen and oxygen atoms in total. The second kappa shape index (κ2) is 12.1. The Morgan fingerprint density at radius 1 is 1.00 bits per heavy atom. The van der Waals surface area contributed by atoms with Gasteiger partial charge >= 0.3 is 11.9 Å². The van der Waals surface area contributed by atoms with Gasteiger partial charge in [0.05, 0.1) is 13.0 Å². The molecule has 0 aromatic rings. The minimum absolute atomic E-state index is 0.172. The smallest absolute Gasteiger partial charge is 0.326 e. The normalized spacial score (nSPS) is 15.0. The molecule has 0 fully saturated rings. The highest BCUT2D eigenvalue weighted by Gasteiger charge is 2.31. The number of rotatable bonds is 12. The van der Waals surface area contributed by atoms with Crippen LogP contribution in [-0.2, 0) is 24.0 Å². The summed E-state index contributed by atoms with van der Waals surface area (Å²) in [6.07, 6.45) is -0.267. The molecule has 4 unspecified atom stereocenters. The molecule has 0 spiro atoms. The molecule has 0 saturated carbocycles. The van der Waals surface area contributed by atoms with Crippen molar-refractivity contribution in [3.05, 3.63) is 0 Å². The quantitative estimate of drug-likeness (QED) is 0.180. The molecule has 154 valence electrons. The molecule has 0 aliphatic rings. The summed E-state index contributed by atoms with van der Waals surface area (Å²) in [5.74, 6) is -5.48. The lowest BCUT2D eigenvalue weighted by molar-refractivity contribution is -0.147. The number of hydrogen-bond donors (Lipinski definition) is 7. The average molecular weight is 406 g/mol. The summed E-state index contributed by atoms with van der Waals surface area (Å²) in [7, 11) is 0. The van der Waals surface area contributed by atoms with Crippen LogP contribution in [0.15, 0.2) is 0 Å². The molecular formula is C15H26N4O7S. The number of thiol groups is 1. The van der Waals surface area contributed by atoms with E-state index in [4.69, 9.17) is 15.9 Å². The van der Waals surface area contributed by atoms with Crippen molar-refractivity contribution in [2.24, 2.45) is 11.7 Å². The van der Waals surface area contributed by atoms with Gasteiger partial charge in [0, 0.05) is 5.75 Å². The first kappa shape index (κ1) is 24.7. The Morgan fingerprint density at radius 2 is 1.56 bits per heavy atom. The SMILES string of the molecule is CCC(C)C(NC(=O)CN)C(=O)NC(CS)C(=O)NC(CC(=O)O)C(=O)O. The molecule has 0 bridgehead atoms. The minimum Gasteiger partial charge on any atom is -0.481 e. The third-order valence-corrected chi connectivity index (χ3v) is 4.17. The molecule has 3 amide bonds. The van der Waals surface area contributed by atoms with Crippen LogP contribution in [0.5, 0.6) is 0 Å². The van der Waals surface area contributed by atoms with Gasteiger partial charge in [0.15, 0.2) is 0 Å². The number of carboxylic acids is 2. The number of nitrogens with one attached hydrogen (secondary N) is 3. The van der Waals surface area contributed by atoms with Crippen molar-refractivity contribution in [3.63, 3.8) is 0 Å². The van der Waals surface area contributed by atoms with Gasteiger partial charge in [-0.15, -0.1) is 0 Å². The number of aliphatic carboxylic acids is 2. The van der Waals surface area contributed by atoms with Crippen LogP contribution in [0.25, 0.3) is 0 Å². The zero-order valence-corrected chi connectivity index (χ0v) is 16.0. The second-order valence-corrected chi connectivity index (χ2v) is 6.24. The standard InChI is InChI=1S/C15H26N4O7S/c1-3-7(2)12(19-10(20)5-16)14(24)18-9(6-27)13(23)17-8(15(25)26)4-11(21)22/h7-9,12,27H,3-6,16H2,1-2H3,(H,17,23)(H,18,24)(H,19,20)(H,21,22)(H,25,26). The highest BCUT2D eigenvalue weighted by molar-refractivity contribution is 7.80. The Labute approximate surface area is 161 Å². The maximum atomic E-state index is 12.5. The van der Waals surface area contributed by atoms with Gasteiger partial charge in [-0.2, -0.15) is 12.6 Å². The van der Waals surface area contributed by atoms with Crippen molar-refractivity contribution < 1.29 is 34.2 Å². The molecule has 12 heteroatoms. The Bertz CT molecular complexity index is 572. The topological polar surface area (TPSA) is 188 Å². The fourth-order valence-electron chi connectivity index (χ4n) is 2.04. The first-order chi connectivity index (χ1) is 12.6. The summed E-state index contributed by atoms with van der Waals surface area (Å²) in [4.78, 5) is 58.0. The van der Waals surface area contributed by atoms with Crippen LogP contribution in [0.2, 0.25) is 0 Å². The number of hydrogen-bond acceptors (Lipinski definition) is 7. The van der Waals surface area contributed by atoms with Gasteiger partial charge in [-0.25, -0.2) is 4.79 Å². The van der Waals surface area contributed by atoms with E-state index < -0.39 is 54.2 Å². The summed E-state index contributed by atoms with van der Waals surface area (Å²) < 4.78 is 0. The molecule has 0 saturated heterocycles. The van der Waals surface area contributed by atoms with Crippen LogP contribution in [0.4, 0.5) is 0 Å². The summed E-state index contributed by atoms with van der Waals surface area (Å²) in [6, 6.07) is -3.83. The van der Waals surface area contributed by atoms with E-state index in [1.807, 2.05) is 12.2 Å². The van der Waals surface area contributed by atoms with Gasteiger partial charge in [-0.05, 0) is 5.92 Å². The molecule has 27 heavy (non-hydrogen) atoms. The summed E-state index contributed by atoms with van der Waals surface area (Å²) in [5, 5.41) is 24.6. The monoisotopic (exact) mass is 406 g/mol. The van der Waals surface area contributed by atoms with Gasteiger partial charge in [0.1, 0.15) is 18.1 Å². The Kier molecular flexibility index (Phi) is 11.1. The van der Waals surface area contributed by atoms with E-state index in [9.17, 15) is 24.0 Å². The van der Waals surface area contributed by atoms with Crippen LogP contribution in [0.1, 0.15) is 26.7 Å². The Balaban J connectivity index is 5.16. The molecule has 4 atom stereocenters. The zero-order valence-electron chi connectivity index (χ0n) is 15.1. The van der Waals surface area contributed by atoms with E-state index >= 15 is 0 Å². The second-order valence-electron chi connectivity index (χ2n) is 5.88. The first-order valence-corrected chi connectivity index (χ1v) is 8.86. The van der Waals surface area contributed by atoms with Crippen LogP contribution in [0, 0.1) is 5.92 Å². The lowest BCUT2D eigenvalue weighted by Gasteiger charge is -2.26. The summed E-state index contributed by atoms with van der Waals surface area (Å²) >= 11 is 3.96. The van der Waals surface area contributed by atoms with Gasteiger partial charge < -0.3 is 31.9 Å². The number of nitrogens with two attached hydrogens (primary N) is 1. The lowest BCUT2D eigenvalue weighted by Crippen LogP contribution is -2.58. The number of carboxylic acid groups (broad SMARTS) is 2. The lowest BCUT2D eigenvalue weighted by atomic mass is 9.98. The molecule has 0 radical (unpaired) electrons. The highest BCUT2D eigenvalue weighted by atomic mass is 32.1. The fourth-order valence-corrected chi connectivity index (χ4v) is 2.29. The van der Waals surface area contributed by atoms with Gasteiger partial charge in [-0.3, -0.25) is 19.2 Å². The molecule has 0 aromatic heterocycles. The summed E-state index contributed by atoms with van der Waals surface area (Å²) in [5.41, 5.74) is 5.24. The van der Waals surface area contributed by atoms with E-state index in [1.165, 1.54) is 0 Å². The van der Waals surface area contributed by atoms with Crippen LogP contribution < -0.4 is 21.7 Å². The molecule has 7 N–H and O–H groups in total. The largest absolute Gasteiger partial charge is 0.481 e. The van der Waals surface area contributed by atoms with Crippen LogP contribution >= 0.6 is 12.6 Å². The van der Waals surface area contributed by atoms with Crippen molar-refractivity contribution >= 4 is 42.3 Å². The van der Waals surface area contributed by atoms with E-state index in [-0.39, 0.29) is 18.2 Å². The van der Waals surface area contributed by atoms with Gasteiger partial charge in [0.2, 0.25) is 17.7 Å². The van der Waals surface area contributed by atoms with E-state index in [1.54, 1.807) is 6.92 Å². The number of amides is 3. The van der Waals surface area contributed by atoms with Gasteiger partial charge in [0.25, 0.3) is 0 Å². The predicted octanol–water partition coefficient (Wildman–Crippen LogP) is -2.07. The van der Waals surface area contributed by atoms with E-state index in [2.05, 4.69) is 23.3 Å². The van der Waals surface area contributed by atoms with Crippen LogP contribution in [-0.4, -0.2) is 70.3 Å². The number of carbonyl (C=O) groups is 5. The van der Waals surface area contributed by atoms with Crippen molar-refractivity contribution in [2.45, 2.75) is 44.8 Å². The Hall–Kier alpha value is -2.34. The van der Waals surface area contributed by atoms with Crippen molar-refractivity contribution in [1.82, 2.24) is 16.0 Å². The zero-order chi connectivity index (χ0) is 21.1. The highest BCUT2D eigenvalue weighted by Crippen LogP contribution is 2.08. The molecule has 0 aliphatic heterocycles. The molecule has 0 heterocycles. The van der Waals surface area contributed by atoms with E-state index in [0.717, 1.165) is 0 Å². The van der Waals surface area contributed by atoms with Crippen molar-refractivity contribution in [1.29, 1.82) is 0 Å².